The molecular formula is C16H16FN3O5S. The quantitative estimate of drug-likeness (QED) is 0.743. The van der Waals surface area contributed by atoms with E-state index in [0.717, 1.165) is 28.6 Å². The first-order chi connectivity index (χ1) is 12.3. The number of carbonyl (C=O) groups is 1. The lowest BCUT2D eigenvalue weighted by Gasteiger charge is -2.35. The van der Waals surface area contributed by atoms with Crippen molar-refractivity contribution in [2.45, 2.75) is 11.0 Å². The van der Waals surface area contributed by atoms with Gasteiger partial charge in [-0.3, -0.25) is 9.62 Å². The molecule has 0 fully saturated rings. The first-order valence-electron chi connectivity index (χ1n) is 7.60. The minimum atomic E-state index is -4.02. The van der Waals surface area contributed by atoms with Gasteiger partial charge in [0.15, 0.2) is 0 Å². The number of sulfonamides is 1. The zero-order valence-electron chi connectivity index (χ0n) is 13.4. The van der Waals surface area contributed by atoms with Crippen LogP contribution in [0.3, 0.4) is 0 Å². The fourth-order valence-corrected chi connectivity index (χ4v) is 4.10. The summed E-state index contributed by atoms with van der Waals surface area (Å²) in [4.78, 5) is 10.7. The van der Waals surface area contributed by atoms with Crippen LogP contribution in [0.15, 0.2) is 47.4 Å². The molecule has 1 amide bonds. The standard InChI is InChI=1S/C16H16FN3O5S/c17-10-1-4-13(5-2-10)26(23,24)20-9-12(8-18)25-15-6-3-11(7-14(15)20)19-16(21)22/h1-7,12,19H,8-9,18H2,(H,21,22). The highest BCUT2D eigenvalue weighted by Gasteiger charge is 2.34. The summed E-state index contributed by atoms with van der Waals surface area (Å²) < 4.78 is 45.9. The Morgan fingerprint density at radius 2 is 2.00 bits per heavy atom. The maximum absolute atomic E-state index is 13.1. The molecule has 10 heteroatoms. The van der Waals surface area contributed by atoms with E-state index in [1.807, 2.05) is 0 Å². The molecule has 138 valence electrons. The Morgan fingerprint density at radius 1 is 1.31 bits per heavy atom. The summed E-state index contributed by atoms with van der Waals surface area (Å²) in [6, 6.07) is 8.71. The van der Waals surface area contributed by atoms with E-state index < -0.39 is 28.0 Å². The number of nitrogens with one attached hydrogen (secondary N) is 1. The number of carboxylic acid groups (broad SMARTS) is 1. The fraction of sp³-hybridized carbons (Fsp3) is 0.188. The molecule has 0 aromatic heterocycles. The van der Waals surface area contributed by atoms with Crippen LogP contribution in [0.25, 0.3) is 0 Å². The molecule has 0 radical (unpaired) electrons. The zero-order valence-corrected chi connectivity index (χ0v) is 14.2. The Bertz CT molecular complexity index is 933. The number of nitrogens with zero attached hydrogens (tertiary/aromatic N) is 1. The smallest absolute Gasteiger partial charge is 0.409 e. The average molecular weight is 381 g/mol. The fourth-order valence-electron chi connectivity index (χ4n) is 2.60. The van der Waals surface area contributed by atoms with Crippen LogP contribution in [0.5, 0.6) is 5.75 Å². The van der Waals surface area contributed by atoms with Gasteiger partial charge in [-0.15, -0.1) is 0 Å². The Balaban J connectivity index is 2.08. The van der Waals surface area contributed by atoms with E-state index in [-0.39, 0.29) is 35.1 Å². The summed E-state index contributed by atoms with van der Waals surface area (Å²) in [7, 11) is -4.02. The Kier molecular flexibility index (Phi) is 4.70. The Labute approximate surface area is 149 Å². The van der Waals surface area contributed by atoms with Crippen molar-refractivity contribution in [3.05, 3.63) is 48.3 Å². The molecule has 4 N–H and O–H groups in total. The van der Waals surface area contributed by atoms with Crippen LogP contribution in [-0.4, -0.2) is 38.8 Å². The first kappa shape index (κ1) is 18.0. The summed E-state index contributed by atoms with van der Waals surface area (Å²) in [5.41, 5.74) is 5.99. The third-order valence-electron chi connectivity index (χ3n) is 3.81. The van der Waals surface area contributed by atoms with Crippen molar-refractivity contribution in [2.75, 3.05) is 22.7 Å². The molecule has 0 saturated heterocycles. The molecular weight excluding hydrogens is 365 g/mol. The number of hydrogen-bond acceptors (Lipinski definition) is 5. The molecule has 26 heavy (non-hydrogen) atoms. The van der Waals surface area contributed by atoms with E-state index in [1.165, 1.54) is 18.2 Å². The summed E-state index contributed by atoms with van der Waals surface area (Å²) in [6.07, 6.45) is -1.86. The highest BCUT2D eigenvalue weighted by molar-refractivity contribution is 7.92. The molecule has 1 aliphatic heterocycles. The van der Waals surface area contributed by atoms with Gasteiger partial charge in [0.1, 0.15) is 17.7 Å². The number of halogens is 1. The number of benzene rings is 2. The lowest BCUT2D eigenvalue weighted by molar-refractivity contribution is 0.207. The number of ether oxygens (including phenoxy) is 1. The largest absolute Gasteiger partial charge is 0.485 e. The molecule has 1 unspecified atom stereocenters. The Hall–Kier alpha value is -2.85. The topological polar surface area (TPSA) is 122 Å². The number of fused-ring (bicyclic) bond motifs is 1. The summed E-state index contributed by atoms with van der Waals surface area (Å²) in [5.74, 6) is -0.299. The van der Waals surface area contributed by atoms with Crippen molar-refractivity contribution in [1.29, 1.82) is 0 Å². The number of anilines is 2. The normalized spacial score (nSPS) is 16.5. The molecule has 2 aromatic carbocycles. The van der Waals surface area contributed by atoms with E-state index in [9.17, 15) is 17.6 Å². The van der Waals surface area contributed by atoms with Gasteiger partial charge in [0.25, 0.3) is 10.0 Å². The maximum atomic E-state index is 13.1. The monoisotopic (exact) mass is 381 g/mol. The molecule has 0 spiro atoms. The number of rotatable bonds is 4. The zero-order chi connectivity index (χ0) is 18.9. The first-order valence-corrected chi connectivity index (χ1v) is 9.04. The van der Waals surface area contributed by atoms with Crippen molar-refractivity contribution < 1.29 is 27.4 Å². The van der Waals surface area contributed by atoms with Gasteiger partial charge in [-0.1, -0.05) is 0 Å². The van der Waals surface area contributed by atoms with Crippen molar-refractivity contribution in [1.82, 2.24) is 0 Å². The van der Waals surface area contributed by atoms with E-state index in [2.05, 4.69) is 5.32 Å². The third-order valence-corrected chi connectivity index (χ3v) is 5.60. The van der Waals surface area contributed by atoms with Crippen LogP contribution in [-0.2, 0) is 10.0 Å². The van der Waals surface area contributed by atoms with Gasteiger partial charge in [-0.05, 0) is 42.5 Å². The highest BCUT2D eigenvalue weighted by atomic mass is 32.2. The van der Waals surface area contributed by atoms with Gasteiger partial charge in [0, 0.05) is 12.2 Å². The van der Waals surface area contributed by atoms with Crippen molar-refractivity contribution >= 4 is 27.5 Å². The summed E-state index contributed by atoms with van der Waals surface area (Å²) in [6.45, 7) is 0.0315. The Morgan fingerprint density at radius 3 is 2.62 bits per heavy atom. The maximum Gasteiger partial charge on any atom is 0.409 e. The summed E-state index contributed by atoms with van der Waals surface area (Å²) >= 11 is 0. The second-order valence-corrected chi connectivity index (χ2v) is 7.44. The molecule has 1 heterocycles. The molecule has 8 nitrogen and oxygen atoms in total. The van der Waals surface area contributed by atoms with Crippen LogP contribution >= 0.6 is 0 Å². The van der Waals surface area contributed by atoms with Gasteiger partial charge in [0.05, 0.1) is 17.1 Å². The van der Waals surface area contributed by atoms with Gasteiger partial charge in [-0.2, -0.15) is 0 Å². The molecule has 1 atom stereocenters. The van der Waals surface area contributed by atoms with Gasteiger partial charge in [-0.25, -0.2) is 17.6 Å². The van der Waals surface area contributed by atoms with Crippen LogP contribution in [0.1, 0.15) is 0 Å². The minimum absolute atomic E-state index is 0.0558. The van der Waals surface area contributed by atoms with E-state index >= 15 is 0 Å². The molecule has 1 aliphatic rings. The minimum Gasteiger partial charge on any atom is -0.485 e. The molecule has 3 rings (SSSR count). The van der Waals surface area contributed by atoms with Crippen molar-refractivity contribution in [3.63, 3.8) is 0 Å². The van der Waals surface area contributed by atoms with E-state index in [4.69, 9.17) is 15.6 Å². The van der Waals surface area contributed by atoms with Crippen molar-refractivity contribution in [2.24, 2.45) is 5.73 Å². The van der Waals surface area contributed by atoms with Crippen LogP contribution < -0.4 is 20.1 Å². The van der Waals surface area contributed by atoms with Crippen molar-refractivity contribution in [3.8, 4) is 5.75 Å². The number of amides is 1. The van der Waals surface area contributed by atoms with Gasteiger partial charge in [0.2, 0.25) is 0 Å². The van der Waals surface area contributed by atoms with Crippen LogP contribution in [0, 0.1) is 5.82 Å². The summed E-state index contributed by atoms with van der Waals surface area (Å²) in [5, 5.41) is 11.0. The van der Waals surface area contributed by atoms with Gasteiger partial charge >= 0.3 is 6.09 Å². The molecule has 0 bridgehead atoms. The van der Waals surface area contributed by atoms with Gasteiger partial charge < -0.3 is 15.6 Å². The molecule has 2 aromatic rings. The van der Waals surface area contributed by atoms with Crippen LogP contribution in [0.4, 0.5) is 20.6 Å². The predicted octanol–water partition coefficient (Wildman–Crippen LogP) is 1.83. The molecule has 0 aliphatic carbocycles. The lowest BCUT2D eigenvalue weighted by Crippen LogP contribution is -2.46. The number of nitrogens with two attached hydrogens (primary N) is 1. The second-order valence-electron chi connectivity index (χ2n) is 5.58. The number of hydrogen-bond donors (Lipinski definition) is 3. The van der Waals surface area contributed by atoms with Crippen LogP contribution in [0.2, 0.25) is 0 Å². The molecule has 0 saturated carbocycles. The predicted molar refractivity (Wildman–Crippen MR) is 92.5 cm³/mol. The highest BCUT2D eigenvalue weighted by Crippen LogP contribution is 2.38. The van der Waals surface area contributed by atoms with E-state index in [1.54, 1.807) is 0 Å². The SMILES string of the molecule is NCC1CN(S(=O)(=O)c2ccc(F)cc2)c2cc(NC(=O)O)ccc2O1. The second kappa shape index (κ2) is 6.81. The van der Waals surface area contributed by atoms with E-state index in [0.29, 0.717) is 0 Å². The lowest BCUT2D eigenvalue weighted by atomic mass is 10.2. The average Bonchev–Trinajstić information content (AvgIpc) is 2.60. The third kappa shape index (κ3) is 3.41.